The maximum atomic E-state index is 12.2. The van der Waals surface area contributed by atoms with Crippen molar-refractivity contribution in [2.45, 2.75) is 13.0 Å². The van der Waals surface area contributed by atoms with Crippen LogP contribution in [0.4, 0.5) is 0 Å². The Balaban J connectivity index is 2.16. The molecule has 6 heteroatoms. The summed E-state index contributed by atoms with van der Waals surface area (Å²) < 4.78 is 11.1. The van der Waals surface area contributed by atoms with E-state index in [1.54, 1.807) is 20.3 Å². The second-order valence-corrected chi connectivity index (χ2v) is 4.75. The van der Waals surface area contributed by atoms with E-state index in [-0.39, 0.29) is 11.9 Å². The van der Waals surface area contributed by atoms with Crippen molar-refractivity contribution < 1.29 is 19.0 Å². The summed E-state index contributed by atoms with van der Waals surface area (Å²) in [5.41, 5.74) is 1.26. The second kappa shape index (κ2) is 6.80. The summed E-state index contributed by atoms with van der Waals surface area (Å²) in [5.74, 6) is 1.06. The van der Waals surface area contributed by atoms with Crippen molar-refractivity contribution in [1.82, 2.24) is 5.32 Å². The number of pyridine rings is 1. The van der Waals surface area contributed by atoms with Gasteiger partial charge in [0.25, 0.3) is 5.91 Å². The average molecular weight is 302 g/mol. The molecule has 1 amide bonds. The molecule has 0 aliphatic rings. The molecule has 1 aromatic carbocycles. The zero-order chi connectivity index (χ0) is 16.1. The van der Waals surface area contributed by atoms with Crippen molar-refractivity contribution >= 4 is 5.91 Å². The molecule has 0 saturated heterocycles. The van der Waals surface area contributed by atoms with Gasteiger partial charge in [-0.05, 0) is 19.1 Å². The van der Waals surface area contributed by atoms with Crippen LogP contribution in [0, 0.1) is 5.21 Å². The minimum absolute atomic E-state index is 0.257. The summed E-state index contributed by atoms with van der Waals surface area (Å²) in [5, 5.41) is 13.9. The van der Waals surface area contributed by atoms with E-state index >= 15 is 0 Å². The number of hydrogen-bond acceptors (Lipinski definition) is 4. The van der Waals surface area contributed by atoms with Crippen molar-refractivity contribution in [2.75, 3.05) is 14.2 Å². The number of nitrogens with one attached hydrogen (secondary N) is 1. The van der Waals surface area contributed by atoms with Gasteiger partial charge < -0.3 is 20.0 Å². The number of benzene rings is 1. The van der Waals surface area contributed by atoms with Crippen molar-refractivity contribution in [2.24, 2.45) is 0 Å². The normalized spacial score (nSPS) is 11.6. The van der Waals surface area contributed by atoms with E-state index in [0.717, 1.165) is 5.56 Å². The fraction of sp³-hybridized carbons (Fsp3) is 0.250. The van der Waals surface area contributed by atoms with E-state index in [2.05, 4.69) is 5.32 Å². The van der Waals surface area contributed by atoms with Crippen LogP contribution < -0.4 is 19.5 Å². The third-order valence-corrected chi connectivity index (χ3v) is 3.32. The van der Waals surface area contributed by atoms with E-state index in [4.69, 9.17) is 9.47 Å². The highest BCUT2D eigenvalue weighted by Gasteiger charge is 2.16. The number of aromatic nitrogens is 1. The fourth-order valence-corrected chi connectivity index (χ4v) is 2.10. The first-order valence-electron chi connectivity index (χ1n) is 6.76. The number of carbonyl (C=O) groups is 1. The Morgan fingerprint density at radius 3 is 2.45 bits per heavy atom. The Kier molecular flexibility index (Phi) is 4.83. The molecule has 116 valence electrons. The van der Waals surface area contributed by atoms with E-state index in [1.165, 1.54) is 24.5 Å². The molecule has 0 aliphatic heterocycles. The molecular weight excluding hydrogens is 284 g/mol. The number of nitrogens with zero attached hydrogens (tertiary/aromatic N) is 1. The largest absolute Gasteiger partial charge is 0.619 e. The molecule has 22 heavy (non-hydrogen) atoms. The summed E-state index contributed by atoms with van der Waals surface area (Å²) in [4.78, 5) is 12.2. The molecule has 6 nitrogen and oxygen atoms in total. The topological polar surface area (TPSA) is 74.5 Å². The van der Waals surface area contributed by atoms with Gasteiger partial charge in [-0.1, -0.05) is 0 Å². The van der Waals surface area contributed by atoms with Crippen LogP contribution in [0.3, 0.4) is 0 Å². The van der Waals surface area contributed by atoms with E-state index in [1.807, 2.05) is 19.1 Å². The maximum Gasteiger partial charge on any atom is 0.252 e. The molecule has 2 rings (SSSR count). The van der Waals surface area contributed by atoms with E-state index in [0.29, 0.717) is 21.8 Å². The highest BCUT2D eigenvalue weighted by molar-refractivity contribution is 5.94. The lowest BCUT2D eigenvalue weighted by Crippen LogP contribution is -2.29. The van der Waals surface area contributed by atoms with Gasteiger partial charge in [-0.15, -0.1) is 0 Å². The average Bonchev–Trinajstić information content (AvgIpc) is 2.54. The molecule has 0 aliphatic carbocycles. The van der Waals surface area contributed by atoms with Crippen LogP contribution in [0.5, 0.6) is 11.5 Å². The summed E-state index contributed by atoms with van der Waals surface area (Å²) >= 11 is 0. The molecule has 1 atom stereocenters. The SMILES string of the molecule is COc1ccc(C(C)NC(=O)c2cc[n+]([O-])cc2)c(OC)c1. The van der Waals surface area contributed by atoms with Crippen LogP contribution in [0.1, 0.15) is 28.9 Å². The van der Waals surface area contributed by atoms with Gasteiger partial charge in [-0.3, -0.25) is 4.79 Å². The highest BCUT2D eigenvalue weighted by Crippen LogP contribution is 2.29. The van der Waals surface area contributed by atoms with Gasteiger partial charge in [-0.25, -0.2) is 0 Å². The first-order valence-corrected chi connectivity index (χ1v) is 6.76. The quantitative estimate of drug-likeness (QED) is 0.675. The number of carbonyl (C=O) groups excluding carboxylic acids is 1. The summed E-state index contributed by atoms with van der Waals surface area (Å²) in [6.07, 6.45) is 2.57. The minimum atomic E-state index is -0.258. The van der Waals surface area contributed by atoms with Crippen LogP contribution in [0.2, 0.25) is 0 Å². The molecule has 0 spiro atoms. The molecule has 2 aromatic rings. The molecule has 0 saturated carbocycles. The van der Waals surface area contributed by atoms with Crippen molar-refractivity contribution in [3.8, 4) is 11.5 Å². The first-order chi connectivity index (χ1) is 10.5. The van der Waals surface area contributed by atoms with Crippen LogP contribution in [0.25, 0.3) is 0 Å². The fourth-order valence-electron chi connectivity index (χ4n) is 2.10. The van der Waals surface area contributed by atoms with Crippen LogP contribution in [0.15, 0.2) is 42.7 Å². The van der Waals surface area contributed by atoms with Gasteiger partial charge in [0, 0.05) is 23.8 Å². The number of ether oxygens (including phenoxy) is 2. The number of rotatable bonds is 5. The molecule has 1 aromatic heterocycles. The van der Waals surface area contributed by atoms with Gasteiger partial charge in [0.1, 0.15) is 11.5 Å². The Morgan fingerprint density at radius 1 is 1.18 bits per heavy atom. The maximum absolute atomic E-state index is 12.2. The summed E-state index contributed by atoms with van der Waals surface area (Å²) in [7, 11) is 3.15. The van der Waals surface area contributed by atoms with Crippen LogP contribution in [-0.4, -0.2) is 20.1 Å². The first kappa shape index (κ1) is 15.6. The standard InChI is InChI=1S/C16H18N2O4/c1-11(14-5-4-13(21-2)10-15(14)22-3)17-16(19)12-6-8-18(20)9-7-12/h4-11H,1-3H3,(H,17,19). The Bertz CT molecular complexity index is 656. The van der Waals surface area contributed by atoms with E-state index < -0.39 is 0 Å². The zero-order valence-corrected chi connectivity index (χ0v) is 12.7. The highest BCUT2D eigenvalue weighted by atomic mass is 16.5. The van der Waals surface area contributed by atoms with Crippen LogP contribution in [-0.2, 0) is 0 Å². The summed E-state index contributed by atoms with van der Waals surface area (Å²) in [6.45, 7) is 1.86. The Morgan fingerprint density at radius 2 is 1.86 bits per heavy atom. The number of hydrogen-bond donors (Lipinski definition) is 1. The third kappa shape index (κ3) is 3.46. The van der Waals surface area contributed by atoms with Crippen LogP contribution >= 0.6 is 0 Å². The smallest absolute Gasteiger partial charge is 0.252 e. The lowest BCUT2D eigenvalue weighted by Gasteiger charge is -2.18. The molecule has 1 heterocycles. The molecule has 0 radical (unpaired) electrons. The molecule has 1 unspecified atom stereocenters. The molecular formula is C16H18N2O4. The lowest BCUT2D eigenvalue weighted by molar-refractivity contribution is -0.605. The monoisotopic (exact) mass is 302 g/mol. The van der Waals surface area contributed by atoms with Crippen molar-refractivity contribution in [1.29, 1.82) is 0 Å². The van der Waals surface area contributed by atoms with Gasteiger partial charge in [-0.2, -0.15) is 4.73 Å². The van der Waals surface area contributed by atoms with Gasteiger partial charge in [0.05, 0.1) is 25.8 Å². The Labute approximate surface area is 128 Å². The summed E-state index contributed by atoms with van der Waals surface area (Å²) in [6, 6.07) is 8.11. The number of amides is 1. The second-order valence-electron chi connectivity index (χ2n) is 4.75. The molecule has 0 fully saturated rings. The van der Waals surface area contributed by atoms with Gasteiger partial charge in [0.2, 0.25) is 0 Å². The predicted octanol–water partition coefficient (Wildman–Crippen LogP) is 1.83. The molecule has 0 bridgehead atoms. The lowest BCUT2D eigenvalue weighted by atomic mass is 10.1. The van der Waals surface area contributed by atoms with E-state index in [9.17, 15) is 10.0 Å². The van der Waals surface area contributed by atoms with Crippen molar-refractivity contribution in [3.05, 3.63) is 59.1 Å². The van der Waals surface area contributed by atoms with Gasteiger partial charge in [0.15, 0.2) is 12.4 Å². The molecule has 1 N–H and O–H groups in total. The minimum Gasteiger partial charge on any atom is -0.619 e. The zero-order valence-electron chi connectivity index (χ0n) is 12.7. The Hall–Kier alpha value is -2.76. The van der Waals surface area contributed by atoms with Gasteiger partial charge >= 0.3 is 0 Å². The number of methoxy groups -OCH3 is 2. The third-order valence-electron chi connectivity index (χ3n) is 3.32. The predicted molar refractivity (Wildman–Crippen MR) is 80.8 cm³/mol. The van der Waals surface area contributed by atoms with Crippen molar-refractivity contribution in [3.63, 3.8) is 0 Å².